The Hall–Kier alpha value is -1.47. The van der Waals surface area contributed by atoms with Crippen molar-refractivity contribution in [1.82, 2.24) is 10.6 Å². The number of hydrogen-bond acceptors (Lipinski definition) is 4. The van der Waals surface area contributed by atoms with Crippen molar-refractivity contribution in [2.24, 2.45) is 11.8 Å². The molecule has 4 atom stereocenters. The standard InChI is InChI=1S/C25H42N2O4S/c1-2-3-6-13-24(32)27-18-23(28)26-17-10-9-12-20-19(21-15-16-22(20)31-21)11-7-4-5-8-14-25(29)30/h4,7,19-22H,2-3,5-6,8-18H2,1H3,(H,26,28)(H,27,32)(H,29,30)/t19-,20+,21-,22+/m1/s1. The second-order valence-electron chi connectivity index (χ2n) is 9.19. The summed E-state index contributed by atoms with van der Waals surface area (Å²) < 4.78 is 6.19. The molecule has 0 radical (unpaired) electrons. The fraction of sp³-hybridized carbons (Fsp3) is 0.800. The molecule has 1 amide bonds. The molecule has 2 heterocycles. The molecule has 0 aromatic heterocycles. The van der Waals surface area contributed by atoms with Gasteiger partial charge in [-0.25, -0.2) is 0 Å². The first-order chi connectivity index (χ1) is 15.5. The lowest BCUT2D eigenvalue weighted by molar-refractivity contribution is -0.137. The van der Waals surface area contributed by atoms with Crippen LogP contribution in [0.25, 0.3) is 0 Å². The van der Waals surface area contributed by atoms with E-state index in [9.17, 15) is 9.59 Å². The third kappa shape index (κ3) is 9.99. The van der Waals surface area contributed by atoms with Gasteiger partial charge in [0.25, 0.3) is 0 Å². The van der Waals surface area contributed by atoms with Gasteiger partial charge in [-0.2, -0.15) is 0 Å². The Bertz CT molecular complexity index is 625. The molecule has 0 aromatic carbocycles. The van der Waals surface area contributed by atoms with E-state index in [2.05, 4.69) is 29.7 Å². The van der Waals surface area contributed by atoms with Gasteiger partial charge in [0, 0.05) is 13.0 Å². The largest absolute Gasteiger partial charge is 0.481 e. The average molecular weight is 467 g/mol. The molecular weight excluding hydrogens is 424 g/mol. The van der Waals surface area contributed by atoms with Gasteiger partial charge in [-0.3, -0.25) is 9.59 Å². The predicted molar refractivity (Wildman–Crippen MR) is 132 cm³/mol. The number of carbonyl (C=O) groups excluding carboxylic acids is 1. The second kappa shape index (κ2) is 15.4. The quantitative estimate of drug-likeness (QED) is 0.163. The SMILES string of the molecule is CCCCCC(=S)NCC(=O)NCCCC[C@H]1[C@@H](CC=CCCCC(=O)O)[C@H]2CC[C@@H]1O2. The van der Waals surface area contributed by atoms with Crippen molar-refractivity contribution in [3.8, 4) is 0 Å². The van der Waals surface area contributed by atoms with E-state index in [0.717, 1.165) is 49.9 Å². The third-order valence-electron chi connectivity index (χ3n) is 6.67. The average Bonchev–Trinajstić information content (AvgIpc) is 3.36. The number of fused-ring (bicyclic) bond motifs is 2. The van der Waals surface area contributed by atoms with Crippen LogP contribution >= 0.6 is 12.2 Å². The molecule has 0 aromatic rings. The summed E-state index contributed by atoms with van der Waals surface area (Å²) in [6, 6.07) is 0. The Morgan fingerprint density at radius 1 is 1.00 bits per heavy atom. The van der Waals surface area contributed by atoms with Gasteiger partial charge in [0.05, 0.1) is 23.7 Å². The summed E-state index contributed by atoms with van der Waals surface area (Å²) >= 11 is 5.27. The lowest BCUT2D eigenvalue weighted by Gasteiger charge is -2.27. The van der Waals surface area contributed by atoms with E-state index in [1.807, 2.05) is 0 Å². The number of nitrogens with one attached hydrogen (secondary N) is 2. The van der Waals surface area contributed by atoms with Crippen LogP contribution in [0, 0.1) is 11.8 Å². The van der Waals surface area contributed by atoms with Crippen molar-refractivity contribution in [2.75, 3.05) is 13.1 Å². The molecule has 2 bridgehead atoms. The zero-order valence-corrected chi connectivity index (χ0v) is 20.5. The van der Waals surface area contributed by atoms with Gasteiger partial charge in [0.1, 0.15) is 0 Å². The highest BCUT2D eigenvalue weighted by Crippen LogP contribution is 2.47. The van der Waals surface area contributed by atoms with Crippen LogP contribution in [-0.4, -0.2) is 47.3 Å². The Morgan fingerprint density at radius 2 is 1.78 bits per heavy atom. The molecule has 2 rings (SSSR count). The van der Waals surface area contributed by atoms with Crippen LogP contribution in [0.4, 0.5) is 0 Å². The monoisotopic (exact) mass is 466 g/mol. The molecule has 3 N–H and O–H groups in total. The Labute approximate surface area is 198 Å². The van der Waals surface area contributed by atoms with E-state index >= 15 is 0 Å². The van der Waals surface area contributed by atoms with Crippen molar-refractivity contribution < 1.29 is 19.4 Å². The van der Waals surface area contributed by atoms with Crippen molar-refractivity contribution >= 4 is 29.1 Å². The molecule has 0 saturated carbocycles. The Balaban J connectivity index is 1.57. The van der Waals surface area contributed by atoms with Gasteiger partial charge in [-0.15, -0.1) is 0 Å². The number of allylic oxidation sites excluding steroid dienone is 2. The predicted octanol–water partition coefficient (Wildman–Crippen LogP) is 4.77. The molecule has 2 aliphatic heterocycles. The first-order valence-electron chi connectivity index (χ1n) is 12.6. The summed E-state index contributed by atoms with van der Waals surface area (Å²) in [5.41, 5.74) is 0. The zero-order chi connectivity index (χ0) is 23.2. The van der Waals surface area contributed by atoms with Crippen LogP contribution < -0.4 is 10.6 Å². The van der Waals surface area contributed by atoms with E-state index in [-0.39, 0.29) is 18.9 Å². The number of aliphatic carboxylic acids is 1. The Morgan fingerprint density at radius 3 is 2.53 bits per heavy atom. The van der Waals surface area contributed by atoms with Crippen LogP contribution in [-0.2, 0) is 14.3 Å². The van der Waals surface area contributed by atoms with Crippen molar-refractivity contribution in [2.45, 2.75) is 103 Å². The summed E-state index contributed by atoms with van der Waals surface area (Å²) in [6.07, 6.45) is 17.8. The highest BCUT2D eigenvalue weighted by atomic mass is 32.1. The topological polar surface area (TPSA) is 87.7 Å². The maximum Gasteiger partial charge on any atom is 0.303 e. The van der Waals surface area contributed by atoms with Crippen LogP contribution in [0.15, 0.2) is 12.2 Å². The molecule has 182 valence electrons. The van der Waals surface area contributed by atoms with Crippen LogP contribution in [0.5, 0.6) is 0 Å². The third-order valence-corrected chi connectivity index (χ3v) is 7.02. The van der Waals surface area contributed by atoms with Gasteiger partial charge in [0.15, 0.2) is 0 Å². The molecule has 2 aliphatic rings. The smallest absolute Gasteiger partial charge is 0.303 e. The lowest BCUT2D eigenvalue weighted by atomic mass is 9.75. The number of amides is 1. The van der Waals surface area contributed by atoms with E-state index in [4.69, 9.17) is 22.1 Å². The van der Waals surface area contributed by atoms with Gasteiger partial charge >= 0.3 is 5.97 Å². The maximum absolute atomic E-state index is 12.0. The van der Waals surface area contributed by atoms with Gasteiger partial charge in [0.2, 0.25) is 5.91 Å². The molecule has 7 heteroatoms. The lowest BCUT2D eigenvalue weighted by Crippen LogP contribution is -2.36. The number of carboxylic acids is 1. The van der Waals surface area contributed by atoms with Crippen LogP contribution in [0.3, 0.4) is 0 Å². The zero-order valence-electron chi connectivity index (χ0n) is 19.7. The highest BCUT2D eigenvalue weighted by molar-refractivity contribution is 7.80. The van der Waals surface area contributed by atoms with Crippen molar-refractivity contribution in [3.63, 3.8) is 0 Å². The minimum absolute atomic E-state index is 0.0111. The normalized spacial score (nSPS) is 24.2. The van der Waals surface area contributed by atoms with Crippen molar-refractivity contribution in [1.29, 1.82) is 0 Å². The molecule has 2 fully saturated rings. The minimum Gasteiger partial charge on any atom is -0.481 e. The first kappa shape index (κ1) is 26.8. The van der Waals surface area contributed by atoms with Gasteiger partial charge in [-0.1, -0.05) is 50.6 Å². The molecular formula is C25H42N2O4S. The number of ether oxygens (including phenoxy) is 1. The van der Waals surface area contributed by atoms with E-state index in [1.54, 1.807) is 0 Å². The van der Waals surface area contributed by atoms with Crippen molar-refractivity contribution in [3.05, 3.63) is 12.2 Å². The molecule has 2 saturated heterocycles. The summed E-state index contributed by atoms with van der Waals surface area (Å²) in [5, 5.41) is 14.8. The fourth-order valence-corrected chi connectivity index (χ4v) is 5.15. The molecule has 6 nitrogen and oxygen atoms in total. The van der Waals surface area contributed by atoms with Crippen LogP contribution in [0.2, 0.25) is 0 Å². The number of thiocarbonyl (C=S) groups is 1. The number of carbonyl (C=O) groups is 2. The summed E-state index contributed by atoms with van der Waals surface area (Å²) in [5.74, 6) is 0.475. The highest BCUT2D eigenvalue weighted by Gasteiger charge is 2.47. The summed E-state index contributed by atoms with van der Waals surface area (Å²) in [7, 11) is 0. The summed E-state index contributed by atoms with van der Waals surface area (Å²) in [6.45, 7) is 3.14. The Kier molecular flexibility index (Phi) is 12.9. The van der Waals surface area contributed by atoms with Crippen LogP contribution in [0.1, 0.15) is 90.4 Å². The van der Waals surface area contributed by atoms with E-state index in [0.29, 0.717) is 37.0 Å². The number of hydrogen-bond donors (Lipinski definition) is 3. The number of unbranched alkanes of at least 4 members (excludes halogenated alkanes) is 4. The molecule has 0 unspecified atom stereocenters. The maximum atomic E-state index is 12.0. The second-order valence-corrected chi connectivity index (χ2v) is 9.68. The number of rotatable bonds is 17. The fourth-order valence-electron chi connectivity index (χ4n) is 4.94. The minimum atomic E-state index is -0.724. The van der Waals surface area contributed by atoms with Gasteiger partial charge in [-0.05, 0) is 69.6 Å². The number of carboxylic acid groups (broad SMARTS) is 1. The van der Waals surface area contributed by atoms with E-state index < -0.39 is 5.97 Å². The molecule has 0 aliphatic carbocycles. The summed E-state index contributed by atoms with van der Waals surface area (Å²) in [4.78, 5) is 23.4. The first-order valence-corrected chi connectivity index (χ1v) is 13.0. The molecule has 0 spiro atoms. The molecule has 32 heavy (non-hydrogen) atoms. The van der Waals surface area contributed by atoms with Gasteiger partial charge < -0.3 is 20.5 Å². The van der Waals surface area contributed by atoms with E-state index in [1.165, 1.54) is 25.7 Å².